The summed E-state index contributed by atoms with van der Waals surface area (Å²) < 4.78 is 0. The summed E-state index contributed by atoms with van der Waals surface area (Å²) in [5, 5.41) is 9.38. The summed E-state index contributed by atoms with van der Waals surface area (Å²) in [6, 6.07) is 9.28. The highest BCUT2D eigenvalue weighted by molar-refractivity contribution is 6.37. The second-order valence-electron chi connectivity index (χ2n) is 6.84. The van der Waals surface area contributed by atoms with Crippen molar-refractivity contribution in [1.82, 2.24) is 9.97 Å². The van der Waals surface area contributed by atoms with Crippen LogP contribution in [0.25, 0.3) is 0 Å². The molecular weight excluding hydrogens is 500 g/mol. The van der Waals surface area contributed by atoms with Gasteiger partial charge in [0.15, 0.2) is 0 Å². The van der Waals surface area contributed by atoms with Crippen LogP contribution in [-0.4, -0.2) is 21.8 Å². The number of nitrogens with zero attached hydrogens (tertiary/aromatic N) is 1. The quantitative estimate of drug-likeness (QED) is 0.383. The van der Waals surface area contributed by atoms with E-state index in [4.69, 9.17) is 46.4 Å². The molecule has 0 unspecified atom stereocenters. The topological polar surface area (TPSA) is 116 Å². The number of nitrogens with one attached hydrogen (secondary N) is 4. The number of hydrogen-bond acceptors (Lipinski definition) is 5. The molecule has 0 radical (unpaired) electrons. The van der Waals surface area contributed by atoms with E-state index in [1.807, 2.05) is 0 Å². The lowest BCUT2D eigenvalue weighted by molar-refractivity contribution is -0.123. The lowest BCUT2D eigenvalue weighted by Gasteiger charge is -2.24. The number of benzene rings is 2. The standard InChI is InChI=1S/C20H13Cl4N5O3/c21-8-1-3-13(11(23)5-8)25-18(31)10-7-15(30)27-17-16(10)19(32)29-20(28-17)26-14-4-2-9(22)6-12(14)24/h1-6,10H,7H2,(H,25,31)(H3,26,27,28,29,30,32)/t10-/m1/s1. The van der Waals surface area contributed by atoms with Crippen molar-refractivity contribution >= 4 is 81.4 Å². The predicted octanol–water partition coefficient (Wildman–Crippen LogP) is 5.19. The molecule has 164 valence electrons. The number of rotatable bonds is 4. The van der Waals surface area contributed by atoms with Gasteiger partial charge in [0.05, 0.1) is 32.9 Å². The summed E-state index contributed by atoms with van der Waals surface area (Å²) in [5.41, 5.74) is 0.173. The minimum atomic E-state index is -1.07. The third-order valence-corrected chi connectivity index (χ3v) is 5.74. The Morgan fingerprint density at radius 1 is 0.969 bits per heavy atom. The van der Waals surface area contributed by atoms with Crippen LogP contribution >= 0.6 is 46.4 Å². The molecule has 2 amide bonds. The van der Waals surface area contributed by atoms with Crippen LogP contribution in [0.15, 0.2) is 41.2 Å². The maximum atomic E-state index is 12.9. The van der Waals surface area contributed by atoms with Crippen LogP contribution in [0, 0.1) is 0 Å². The first kappa shape index (κ1) is 22.4. The van der Waals surface area contributed by atoms with E-state index in [1.54, 1.807) is 18.2 Å². The maximum absolute atomic E-state index is 12.9. The van der Waals surface area contributed by atoms with Crippen molar-refractivity contribution in [3.05, 3.63) is 72.4 Å². The summed E-state index contributed by atoms with van der Waals surface area (Å²) in [4.78, 5) is 44.8. The lowest BCUT2D eigenvalue weighted by atomic mass is 9.92. The van der Waals surface area contributed by atoms with Crippen LogP contribution in [0.2, 0.25) is 20.1 Å². The third-order valence-electron chi connectivity index (χ3n) is 4.64. The van der Waals surface area contributed by atoms with E-state index < -0.39 is 23.3 Å². The van der Waals surface area contributed by atoms with Crippen LogP contribution in [-0.2, 0) is 9.59 Å². The maximum Gasteiger partial charge on any atom is 0.258 e. The van der Waals surface area contributed by atoms with Gasteiger partial charge in [0.2, 0.25) is 17.8 Å². The number of halogens is 4. The molecular formula is C20H13Cl4N5O3. The molecule has 0 saturated heterocycles. The second-order valence-corrected chi connectivity index (χ2v) is 8.53. The van der Waals surface area contributed by atoms with Gasteiger partial charge in [-0.1, -0.05) is 46.4 Å². The van der Waals surface area contributed by atoms with E-state index in [9.17, 15) is 14.4 Å². The Bertz CT molecular complexity index is 1310. The van der Waals surface area contributed by atoms with Gasteiger partial charge in [0, 0.05) is 16.5 Å². The number of anilines is 4. The first-order valence-electron chi connectivity index (χ1n) is 9.13. The number of aromatic nitrogens is 2. The molecule has 1 aliphatic rings. The second kappa shape index (κ2) is 8.99. The molecule has 4 N–H and O–H groups in total. The number of amides is 2. The molecule has 0 aliphatic carbocycles. The molecule has 8 nitrogen and oxygen atoms in total. The molecule has 12 heteroatoms. The Balaban J connectivity index is 1.65. The predicted molar refractivity (Wildman–Crippen MR) is 126 cm³/mol. The molecule has 32 heavy (non-hydrogen) atoms. The first-order chi connectivity index (χ1) is 15.2. The third kappa shape index (κ3) is 4.68. The highest BCUT2D eigenvalue weighted by Crippen LogP contribution is 2.33. The van der Waals surface area contributed by atoms with Crippen LogP contribution < -0.4 is 21.5 Å². The number of carbonyl (C=O) groups is 2. The summed E-state index contributed by atoms with van der Waals surface area (Å²) in [7, 11) is 0. The molecule has 2 heterocycles. The zero-order valence-corrected chi connectivity index (χ0v) is 19.0. The molecule has 1 aromatic heterocycles. The molecule has 2 aromatic carbocycles. The minimum Gasteiger partial charge on any atom is -0.324 e. The zero-order valence-electron chi connectivity index (χ0n) is 15.9. The molecule has 0 fully saturated rings. The fourth-order valence-electron chi connectivity index (χ4n) is 3.18. The van der Waals surface area contributed by atoms with E-state index >= 15 is 0 Å². The Hall–Kier alpha value is -2.78. The largest absolute Gasteiger partial charge is 0.324 e. The van der Waals surface area contributed by atoms with Gasteiger partial charge in [-0.25, -0.2) is 0 Å². The van der Waals surface area contributed by atoms with Crippen LogP contribution in [0.3, 0.4) is 0 Å². The Morgan fingerprint density at radius 2 is 1.59 bits per heavy atom. The van der Waals surface area contributed by atoms with Gasteiger partial charge in [0.25, 0.3) is 5.56 Å². The minimum absolute atomic E-state index is 0.0277. The van der Waals surface area contributed by atoms with Crippen LogP contribution in [0.4, 0.5) is 23.1 Å². The summed E-state index contributed by atoms with van der Waals surface area (Å²) >= 11 is 24.0. The fraction of sp³-hybridized carbons (Fsp3) is 0.100. The van der Waals surface area contributed by atoms with Crippen molar-refractivity contribution in [2.24, 2.45) is 0 Å². The molecule has 4 rings (SSSR count). The smallest absolute Gasteiger partial charge is 0.258 e. The van der Waals surface area contributed by atoms with Crippen molar-refractivity contribution in [3.8, 4) is 0 Å². The van der Waals surface area contributed by atoms with E-state index in [0.717, 1.165) is 0 Å². The van der Waals surface area contributed by atoms with Gasteiger partial charge in [-0.2, -0.15) is 4.98 Å². The number of aromatic amines is 1. The number of H-pyrrole nitrogens is 1. The zero-order chi connectivity index (χ0) is 23.0. The molecule has 0 spiro atoms. The van der Waals surface area contributed by atoms with E-state index in [0.29, 0.717) is 26.4 Å². The Kier molecular flexibility index (Phi) is 6.30. The number of fused-ring (bicyclic) bond motifs is 1. The molecule has 1 aliphatic heterocycles. The fourth-order valence-corrected chi connectivity index (χ4v) is 4.10. The summed E-state index contributed by atoms with van der Waals surface area (Å²) in [5.74, 6) is -2.12. The SMILES string of the molecule is O=C1C[C@@H](C(=O)Nc2ccc(Cl)cc2Cl)c2c(nc(Nc3ccc(Cl)cc3Cl)[nH]c2=O)N1. The average Bonchev–Trinajstić information content (AvgIpc) is 2.71. The van der Waals surface area contributed by atoms with Crippen LogP contribution in [0.1, 0.15) is 17.9 Å². The van der Waals surface area contributed by atoms with Gasteiger partial charge < -0.3 is 16.0 Å². The number of hydrogen-bond donors (Lipinski definition) is 4. The van der Waals surface area contributed by atoms with Crippen LogP contribution in [0.5, 0.6) is 0 Å². The van der Waals surface area contributed by atoms with E-state index in [-0.39, 0.29) is 28.8 Å². The van der Waals surface area contributed by atoms with Crippen molar-refractivity contribution in [1.29, 1.82) is 0 Å². The average molecular weight is 513 g/mol. The van der Waals surface area contributed by atoms with Crippen molar-refractivity contribution < 1.29 is 9.59 Å². The molecule has 0 bridgehead atoms. The monoisotopic (exact) mass is 511 g/mol. The van der Waals surface area contributed by atoms with Gasteiger partial charge in [-0.05, 0) is 36.4 Å². The molecule has 1 atom stereocenters. The lowest BCUT2D eigenvalue weighted by Crippen LogP contribution is -2.36. The molecule has 0 saturated carbocycles. The highest BCUT2D eigenvalue weighted by Gasteiger charge is 2.35. The Labute approximate surface area is 201 Å². The first-order valence-corrected chi connectivity index (χ1v) is 10.6. The van der Waals surface area contributed by atoms with Gasteiger partial charge in [-0.3, -0.25) is 19.4 Å². The van der Waals surface area contributed by atoms with Crippen molar-refractivity contribution in [2.45, 2.75) is 12.3 Å². The summed E-state index contributed by atoms with van der Waals surface area (Å²) in [6.07, 6.45) is -0.232. The highest BCUT2D eigenvalue weighted by atomic mass is 35.5. The van der Waals surface area contributed by atoms with Crippen molar-refractivity contribution in [2.75, 3.05) is 16.0 Å². The van der Waals surface area contributed by atoms with E-state index in [1.165, 1.54) is 18.2 Å². The van der Waals surface area contributed by atoms with Gasteiger partial charge in [-0.15, -0.1) is 0 Å². The van der Waals surface area contributed by atoms with Crippen molar-refractivity contribution in [3.63, 3.8) is 0 Å². The Morgan fingerprint density at radius 3 is 2.22 bits per heavy atom. The van der Waals surface area contributed by atoms with Gasteiger partial charge in [0.1, 0.15) is 5.82 Å². The summed E-state index contributed by atoms with van der Waals surface area (Å²) in [6.45, 7) is 0. The molecule has 3 aromatic rings. The van der Waals surface area contributed by atoms with Gasteiger partial charge >= 0.3 is 0 Å². The normalized spacial score (nSPS) is 15.0. The number of carbonyl (C=O) groups excluding carboxylic acids is 2. The van der Waals surface area contributed by atoms with E-state index in [2.05, 4.69) is 25.9 Å².